The molecule has 1 unspecified atom stereocenters. The van der Waals surface area contributed by atoms with Crippen LogP contribution >= 0.6 is 0 Å². The Labute approximate surface area is 201 Å². The smallest absolute Gasteiger partial charge is 0.312 e. The van der Waals surface area contributed by atoms with Gasteiger partial charge in [-0.3, -0.25) is 19.6 Å². The van der Waals surface area contributed by atoms with Crippen molar-refractivity contribution in [2.45, 2.75) is 40.3 Å². The fourth-order valence-corrected chi connectivity index (χ4v) is 3.43. The first-order valence-corrected chi connectivity index (χ1v) is 10.9. The number of halogens is 1. The summed E-state index contributed by atoms with van der Waals surface area (Å²) in [7, 11) is 0. The van der Waals surface area contributed by atoms with E-state index in [-0.39, 0.29) is 29.5 Å². The van der Waals surface area contributed by atoms with Crippen LogP contribution in [0.4, 0.5) is 10.1 Å². The van der Waals surface area contributed by atoms with Gasteiger partial charge in [0.05, 0.1) is 17.7 Å². The summed E-state index contributed by atoms with van der Waals surface area (Å²) in [6.45, 7) is 6.88. The minimum Gasteiger partial charge on any atom is -0.490 e. The third-order valence-electron chi connectivity index (χ3n) is 5.21. The van der Waals surface area contributed by atoms with Gasteiger partial charge >= 0.3 is 5.69 Å². The van der Waals surface area contributed by atoms with Crippen LogP contribution in [0.2, 0.25) is 0 Å². The van der Waals surface area contributed by atoms with E-state index in [1.54, 1.807) is 43.3 Å². The van der Waals surface area contributed by atoms with E-state index in [1.165, 1.54) is 30.8 Å². The van der Waals surface area contributed by atoms with Crippen molar-refractivity contribution in [2.75, 3.05) is 6.61 Å². The van der Waals surface area contributed by atoms with Crippen molar-refractivity contribution in [2.24, 2.45) is 5.10 Å². The van der Waals surface area contributed by atoms with Gasteiger partial charge in [-0.1, -0.05) is 18.2 Å². The molecular weight excluding hydrogens is 457 g/mol. The SMILES string of the molecule is CCOc1cc(C=NNC(=O)C(C)n2nc(C)c([N+](=O)[O-])c2C)ccc1OCc1ccccc1F. The molecule has 0 fully saturated rings. The molecule has 184 valence electrons. The van der Waals surface area contributed by atoms with Crippen LogP contribution in [-0.2, 0) is 11.4 Å². The molecule has 0 saturated carbocycles. The van der Waals surface area contributed by atoms with Gasteiger partial charge in [0.2, 0.25) is 0 Å². The first-order chi connectivity index (χ1) is 16.7. The number of nitrogens with one attached hydrogen (secondary N) is 1. The van der Waals surface area contributed by atoms with Gasteiger partial charge in [0.1, 0.15) is 29.9 Å². The minimum atomic E-state index is -0.812. The largest absolute Gasteiger partial charge is 0.490 e. The van der Waals surface area contributed by atoms with Crippen LogP contribution in [0.15, 0.2) is 47.6 Å². The van der Waals surface area contributed by atoms with E-state index in [1.807, 2.05) is 6.92 Å². The molecule has 2 aromatic carbocycles. The third kappa shape index (κ3) is 5.99. The fourth-order valence-electron chi connectivity index (χ4n) is 3.43. The normalized spacial score (nSPS) is 11.9. The van der Waals surface area contributed by atoms with E-state index in [0.717, 1.165) is 0 Å². The van der Waals surface area contributed by atoms with Gasteiger partial charge in [0.25, 0.3) is 5.91 Å². The summed E-state index contributed by atoms with van der Waals surface area (Å²) in [4.78, 5) is 23.2. The maximum absolute atomic E-state index is 13.9. The minimum absolute atomic E-state index is 0.0403. The lowest BCUT2D eigenvalue weighted by atomic mass is 10.2. The maximum Gasteiger partial charge on any atom is 0.312 e. The highest BCUT2D eigenvalue weighted by Crippen LogP contribution is 2.29. The first-order valence-electron chi connectivity index (χ1n) is 10.9. The summed E-state index contributed by atoms with van der Waals surface area (Å²) in [5.74, 6) is 0.0457. The highest BCUT2D eigenvalue weighted by atomic mass is 19.1. The van der Waals surface area contributed by atoms with Crippen molar-refractivity contribution in [1.29, 1.82) is 0 Å². The monoisotopic (exact) mass is 483 g/mol. The number of rotatable bonds is 10. The molecule has 3 rings (SSSR count). The molecule has 11 heteroatoms. The predicted octanol–water partition coefficient (Wildman–Crippen LogP) is 4.24. The predicted molar refractivity (Wildman–Crippen MR) is 127 cm³/mol. The Morgan fingerprint density at radius 1 is 1.26 bits per heavy atom. The van der Waals surface area contributed by atoms with Crippen LogP contribution < -0.4 is 14.9 Å². The van der Waals surface area contributed by atoms with Crippen molar-refractivity contribution in [3.05, 3.63) is 80.9 Å². The van der Waals surface area contributed by atoms with Crippen LogP contribution in [0.1, 0.15) is 42.4 Å². The fraction of sp³-hybridized carbons (Fsp3) is 0.292. The van der Waals surface area contributed by atoms with Crippen molar-refractivity contribution >= 4 is 17.8 Å². The molecule has 3 aromatic rings. The highest BCUT2D eigenvalue weighted by Gasteiger charge is 2.26. The molecule has 1 atom stereocenters. The Morgan fingerprint density at radius 3 is 2.66 bits per heavy atom. The number of benzene rings is 2. The Balaban J connectivity index is 1.67. The van der Waals surface area contributed by atoms with Crippen LogP contribution in [-0.4, -0.2) is 33.4 Å². The molecule has 0 aliphatic carbocycles. The number of hydrogen-bond donors (Lipinski definition) is 1. The molecule has 35 heavy (non-hydrogen) atoms. The molecule has 10 nitrogen and oxygen atoms in total. The van der Waals surface area contributed by atoms with E-state index < -0.39 is 16.9 Å². The van der Waals surface area contributed by atoms with Crippen LogP contribution in [0.5, 0.6) is 11.5 Å². The zero-order chi connectivity index (χ0) is 25.5. The number of carbonyl (C=O) groups is 1. The summed E-state index contributed by atoms with van der Waals surface area (Å²) in [5.41, 5.74) is 3.87. The first kappa shape index (κ1) is 25.3. The van der Waals surface area contributed by atoms with Gasteiger partial charge in [0.15, 0.2) is 11.5 Å². The summed E-state index contributed by atoms with van der Waals surface area (Å²) in [6.07, 6.45) is 1.43. The number of aromatic nitrogens is 2. The summed E-state index contributed by atoms with van der Waals surface area (Å²) >= 11 is 0. The lowest BCUT2D eigenvalue weighted by Gasteiger charge is -2.13. The zero-order valence-corrected chi connectivity index (χ0v) is 19.8. The number of carbonyl (C=O) groups excluding carboxylic acids is 1. The molecule has 1 heterocycles. The molecule has 0 aliphatic heterocycles. The lowest BCUT2D eigenvalue weighted by Crippen LogP contribution is -2.28. The highest BCUT2D eigenvalue weighted by molar-refractivity contribution is 5.84. The molecule has 0 radical (unpaired) electrons. The maximum atomic E-state index is 13.9. The van der Waals surface area contributed by atoms with Gasteiger partial charge in [0, 0.05) is 5.56 Å². The van der Waals surface area contributed by atoms with Crippen molar-refractivity contribution < 1.29 is 23.6 Å². The quantitative estimate of drug-likeness (QED) is 0.262. The van der Waals surface area contributed by atoms with Gasteiger partial charge < -0.3 is 9.47 Å². The van der Waals surface area contributed by atoms with Crippen molar-refractivity contribution in [3.8, 4) is 11.5 Å². The number of nitro groups is 1. The van der Waals surface area contributed by atoms with Gasteiger partial charge in [-0.05, 0) is 57.5 Å². The number of ether oxygens (including phenoxy) is 2. The topological polar surface area (TPSA) is 121 Å². The molecule has 0 bridgehead atoms. The summed E-state index contributed by atoms with van der Waals surface area (Å²) < 4.78 is 26.5. The standard InChI is InChI=1S/C24H26FN5O5/c1-5-34-22-12-18(10-11-21(22)35-14-19-8-6-7-9-20(19)25)13-26-27-24(31)17(4)29-16(3)23(30(32)33)15(2)28-29/h6-13,17H,5,14H2,1-4H3,(H,27,31). The van der Waals surface area contributed by atoms with Gasteiger partial charge in [-0.25, -0.2) is 9.82 Å². The number of hydrazone groups is 1. The van der Waals surface area contributed by atoms with Crippen LogP contribution in [0, 0.1) is 29.8 Å². The van der Waals surface area contributed by atoms with Gasteiger partial charge in [-0.2, -0.15) is 10.2 Å². The lowest BCUT2D eigenvalue weighted by molar-refractivity contribution is -0.386. The second-order valence-electron chi connectivity index (χ2n) is 7.65. The Bertz CT molecular complexity index is 1260. The number of nitrogens with zero attached hydrogens (tertiary/aromatic N) is 4. The van der Waals surface area contributed by atoms with Crippen LogP contribution in [0.3, 0.4) is 0 Å². The number of amides is 1. The molecule has 0 aliphatic rings. The average molecular weight is 484 g/mol. The molecule has 1 N–H and O–H groups in total. The molecule has 0 spiro atoms. The molecule has 0 saturated heterocycles. The number of hydrogen-bond acceptors (Lipinski definition) is 7. The third-order valence-corrected chi connectivity index (χ3v) is 5.21. The zero-order valence-electron chi connectivity index (χ0n) is 19.8. The second kappa shape index (κ2) is 11.2. The van der Waals surface area contributed by atoms with E-state index in [9.17, 15) is 19.3 Å². The van der Waals surface area contributed by atoms with E-state index >= 15 is 0 Å². The Morgan fingerprint density at radius 2 is 2.00 bits per heavy atom. The molecule has 1 amide bonds. The summed E-state index contributed by atoms with van der Waals surface area (Å²) in [6, 6.07) is 10.6. The Kier molecular flexibility index (Phi) is 8.13. The molecule has 1 aromatic heterocycles. The van der Waals surface area contributed by atoms with Crippen LogP contribution in [0.25, 0.3) is 0 Å². The number of aryl methyl sites for hydroxylation is 1. The summed E-state index contributed by atoms with van der Waals surface area (Å²) in [5, 5.41) is 19.3. The second-order valence-corrected chi connectivity index (χ2v) is 7.65. The van der Waals surface area contributed by atoms with Crippen molar-refractivity contribution in [1.82, 2.24) is 15.2 Å². The van der Waals surface area contributed by atoms with E-state index in [0.29, 0.717) is 29.2 Å². The average Bonchev–Trinajstić information content (AvgIpc) is 3.13. The van der Waals surface area contributed by atoms with Gasteiger partial charge in [-0.15, -0.1) is 0 Å². The van der Waals surface area contributed by atoms with Crippen molar-refractivity contribution in [3.63, 3.8) is 0 Å². The van der Waals surface area contributed by atoms with E-state index in [4.69, 9.17) is 9.47 Å². The molecular formula is C24H26FN5O5. The van der Waals surface area contributed by atoms with E-state index in [2.05, 4.69) is 15.6 Å². The Hall–Kier alpha value is -4.28.